The number of rotatable bonds is 4. The summed E-state index contributed by atoms with van der Waals surface area (Å²) in [5.41, 5.74) is 1.66. The van der Waals surface area contributed by atoms with Gasteiger partial charge in [-0.2, -0.15) is 5.10 Å². The number of nitrogens with zero attached hydrogens (tertiary/aromatic N) is 4. The second-order valence-corrected chi connectivity index (χ2v) is 6.64. The van der Waals surface area contributed by atoms with E-state index in [-0.39, 0.29) is 12.5 Å². The SMILES string of the molecule is CCn1cc(O[C@@H]2CN(C(=O)c3cn(C)c4ccccc34)C[C@H]2O)cn1. The number of benzene rings is 1. The Morgan fingerprint density at radius 2 is 2.12 bits per heavy atom. The smallest absolute Gasteiger partial charge is 0.256 e. The van der Waals surface area contributed by atoms with Gasteiger partial charge in [-0.25, -0.2) is 0 Å². The van der Waals surface area contributed by atoms with Crippen molar-refractivity contribution in [3.63, 3.8) is 0 Å². The molecule has 3 aromatic rings. The maximum absolute atomic E-state index is 13.0. The van der Waals surface area contributed by atoms with Crippen molar-refractivity contribution in [1.82, 2.24) is 19.2 Å². The minimum atomic E-state index is -0.723. The van der Waals surface area contributed by atoms with Gasteiger partial charge in [0.05, 0.1) is 31.0 Å². The molecule has 3 heterocycles. The monoisotopic (exact) mass is 354 g/mol. The van der Waals surface area contributed by atoms with Crippen molar-refractivity contribution in [2.24, 2.45) is 7.05 Å². The van der Waals surface area contributed by atoms with Crippen molar-refractivity contribution < 1.29 is 14.6 Å². The molecule has 1 aliphatic rings. The van der Waals surface area contributed by atoms with Crippen LogP contribution in [-0.2, 0) is 13.6 Å². The van der Waals surface area contributed by atoms with Crippen molar-refractivity contribution in [3.05, 3.63) is 48.4 Å². The Bertz CT molecular complexity index is 945. The minimum absolute atomic E-state index is 0.0868. The molecule has 1 fully saturated rings. The molecule has 136 valence electrons. The van der Waals surface area contributed by atoms with E-state index in [1.54, 1.807) is 22.0 Å². The van der Waals surface area contributed by atoms with E-state index in [1.807, 2.05) is 49.0 Å². The van der Waals surface area contributed by atoms with E-state index < -0.39 is 12.2 Å². The number of β-amino-alcohol motifs (C(OH)–C–C–N with tert-alkyl or cyclic N) is 1. The summed E-state index contributed by atoms with van der Waals surface area (Å²) in [5, 5.41) is 15.4. The maximum Gasteiger partial charge on any atom is 0.256 e. The molecule has 7 nitrogen and oxygen atoms in total. The van der Waals surface area contributed by atoms with Gasteiger partial charge in [-0.15, -0.1) is 0 Å². The van der Waals surface area contributed by atoms with Gasteiger partial charge < -0.3 is 19.3 Å². The molecule has 0 spiro atoms. The van der Waals surface area contributed by atoms with Crippen LogP contribution in [0.2, 0.25) is 0 Å². The lowest BCUT2D eigenvalue weighted by molar-refractivity contribution is 0.0729. The second kappa shape index (κ2) is 6.49. The number of hydrogen-bond donors (Lipinski definition) is 1. The lowest BCUT2D eigenvalue weighted by atomic mass is 10.1. The highest BCUT2D eigenvalue weighted by Gasteiger charge is 2.37. The standard InChI is InChI=1S/C19H22N4O3/c1-3-23-9-13(8-20-23)26-18-12-22(11-17(18)24)19(25)15-10-21(2)16-7-5-4-6-14(15)16/h4-10,17-18,24H,3,11-12H2,1-2H3/t17-,18-/m1/s1. The molecule has 7 heteroatoms. The fourth-order valence-corrected chi connectivity index (χ4v) is 3.47. The number of carbonyl (C=O) groups excluding carboxylic acids is 1. The molecule has 0 bridgehead atoms. The molecule has 0 aliphatic carbocycles. The van der Waals surface area contributed by atoms with Crippen LogP contribution in [0, 0.1) is 0 Å². The van der Waals surface area contributed by atoms with Crippen LogP contribution in [0.5, 0.6) is 5.75 Å². The Morgan fingerprint density at radius 3 is 2.88 bits per heavy atom. The molecule has 2 atom stereocenters. The van der Waals surface area contributed by atoms with Crippen molar-refractivity contribution in [1.29, 1.82) is 0 Å². The van der Waals surface area contributed by atoms with E-state index in [1.165, 1.54) is 0 Å². The number of carbonyl (C=O) groups is 1. The number of aryl methyl sites for hydroxylation is 2. The van der Waals surface area contributed by atoms with Crippen molar-refractivity contribution in [3.8, 4) is 5.75 Å². The number of para-hydroxylation sites is 1. The minimum Gasteiger partial charge on any atom is -0.482 e. The van der Waals surface area contributed by atoms with E-state index in [0.717, 1.165) is 17.4 Å². The number of aliphatic hydroxyl groups excluding tert-OH is 1. The summed E-state index contributed by atoms with van der Waals surface area (Å²) in [4.78, 5) is 14.7. The zero-order valence-electron chi connectivity index (χ0n) is 14.9. The van der Waals surface area contributed by atoms with Crippen LogP contribution in [-0.4, -0.2) is 55.6 Å². The molecule has 0 saturated carbocycles. The predicted molar refractivity (Wildman–Crippen MR) is 97.1 cm³/mol. The highest BCUT2D eigenvalue weighted by Crippen LogP contribution is 2.25. The number of fused-ring (bicyclic) bond motifs is 1. The fraction of sp³-hybridized carbons (Fsp3) is 0.368. The third-order valence-electron chi connectivity index (χ3n) is 4.87. The Morgan fingerprint density at radius 1 is 1.31 bits per heavy atom. The molecule has 2 aromatic heterocycles. The van der Waals surface area contributed by atoms with Gasteiger partial charge in [0.1, 0.15) is 12.2 Å². The summed E-state index contributed by atoms with van der Waals surface area (Å²) in [6.07, 6.45) is 4.09. The van der Waals surface area contributed by atoms with E-state index in [2.05, 4.69) is 5.10 Å². The Hall–Kier alpha value is -2.80. The molecule has 26 heavy (non-hydrogen) atoms. The van der Waals surface area contributed by atoms with Crippen LogP contribution in [0.25, 0.3) is 10.9 Å². The van der Waals surface area contributed by atoms with Crippen LogP contribution >= 0.6 is 0 Å². The van der Waals surface area contributed by atoms with Crippen LogP contribution in [0.4, 0.5) is 0 Å². The van der Waals surface area contributed by atoms with Gasteiger partial charge >= 0.3 is 0 Å². The maximum atomic E-state index is 13.0. The first-order valence-corrected chi connectivity index (χ1v) is 8.77. The van der Waals surface area contributed by atoms with Crippen LogP contribution in [0.15, 0.2) is 42.9 Å². The normalized spacial score (nSPS) is 20.0. The van der Waals surface area contributed by atoms with Crippen LogP contribution < -0.4 is 4.74 Å². The molecule has 1 N–H and O–H groups in total. The first kappa shape index (κ1) is 16.7. The molecule has 0 radical (unpaired) electrons. The van der Waals surface area contributed by atoms with E-state index in [9.17, 15) is 9.90 Å². The molecule has 1 amide bonds. The summed E-state index contributed by atoms with van der Waals surface area (Å²) >= 11 is 0. The second-order valence-electron chi connectivity index (χ2n) is 6.64. The number of amides is 1. The van der Waals surface area contributed by atoms with Crippen LogP contribution in [0.3, 0.4) is 0 Å². The number of likely N-dealkylation sites (tertiary alicyclic amines) is 1. The number of aromatic nitrogens is 3. The third-order valence-corrected chi connectivity index (χ3v) is 4.87. The summed E-state index contributed by atoms with van der Waals surface area (Å²) in [6, 6.07) is 7.82. The first-order valence-electron chi connectivity index (χ1n) is 8.77. The van der Waals surface area contributed by atoms with Crippen LogP contribution in [0.1, 0.15) is 17.3 Å². The zero-order chi connectivity index (χ0) is 18.3. The topological polar surface area (TPSA) is 72.5 Å². The summed E-state index contributed by atoms with van der Waals surface area (Å²) in [6.45, 7) is 3.35. The van der Waals surface area contributed by atoms with Crippen molar-refractivity contribution >= 4 is 16.8 Å². The molecule has 4 rings (SSSR count). The summed E-state index contributed by atoms with van der Waals surface area (Å²) < 4.78 is 9.55. The molecule has 1 aromatic carbocycles. The molecule has 1 aliphatic heterocycles. The lowest BCUT2D eigenvalue weighted by Gasteiger charge is -2.16. The van der Waals surface area contributed by atoms with E-state index >= 15 is 0 Å². The lowest BCUT2D eigenvalue weighted by Crippen LogP contribution is -2.31. The van der Waals surface area contributed by atoms with Gasteiger partial charge in [0.15, 0.2) is 5.75 Å². The zero-order valence-corrected chi connectivity index (χ0v) is 14.9. The van der Waals surface area contributed by atoms with Gasteiger partial charge in [-0.1, -0.05) is 18.2 Å². The summed E-state index contributed by atoms with van der Waals surface area (Å²) in [5.74, 6) is 0.520. The molecular weight excluding hydrogens is 332 g/mol. The van der Waals surface area contributed by atoms with Crippen molar-refractivity contribution in [2.75, 3.05) is 13.1 Å². The quantitative estimate of drug-likeness (QED) is 0.773. The highest BCUT2D eigenvalue weighted by molar-refractivity contribution is 6.07. The first-order chi connectivity index (χ1) is 12.6. The number of hydrogen-bond acceptors (Lipinski definition) is 4. The Labute approximate surface area is 151 Å². The number of ether oxygens (including phenoxy) is 1. The third kappa shape index (κ3) is 2.84. The number of aliphatic hydroxyl groups is 1. The Balaban J connectivity index is 1.52. The summed E-state index contributed by atoms with van der Waals surface area (Å²) in [7, 11) is 1.93. The van der Waals surface area contributed by atoms with E-state index in [0.29, 0.717) is 17.9 Å². The van der Waals surface area contributed by atoms with Gasteiger partial charge in [0.2, 0.25) is 0 Å². The van der Waals surface area contributed by atoms with Gasteiger partial charge in [-0.3, -0.25) is 9.48 Å². The average molecular weight is 354 g/mol. The highest BCUT2D eigenvalue weighted by atomic mass is 16.5. The molecule has 0 unspecified atom stereocenters. The Kier molecular flexibility index (Phi) is 4.16. The average Bonchev–Trinajstić information content (AvgIpc) is 3.34. The van der Waals surface area contributed by atoms with Gasteiger partial charge in [-0.05, 0) is 13.0 Å². The molecule has 1 saturated heterocycles. The fourth-order valence-electron chi connectivity index (χ4n) is 3.47. The van der Waals surface area contributed by atoms with E-state index in [4.69, 9.17) is 4.74 Å². The van der Waals surface area contributed by atoms with Gasteiger partial charge in [0.25, 0.3) is 5.91 Å². The van der Waals surface area contributed by atoms with Crippen molar-refractivity contribution in [2.45, 2.75) is 25.7 Å². The largest absolute Gasteiger partial charge is 0.482 e. The predicted octanol–water partition coefficient (Wildman–Crippen LogP) is 1.66. The molecular formula is C19H22N4O3. The van der Waals surface area contributed by atoms with Gasteiger partial charge in [0, 0.05) is 30.7 Å².